The average Bonchev–Trinajstić information content (AvgIpc) is 2.28. The first kappa shape index (κ1) is 12.8. The zero-order chi connectivity index (χ0) is 13.1. The maximum Gasteiger partial charge on any atom is 0.255 e. The molecule has 2 unspecified atom stereocenters. The van der Waals surface area contributed by atoms with Crippen molar-refractivity contribution in [1.29, 1.82) is 0 Å². The maximum atomic E-state index is 12.8. The summed E-state index contributed by atoms with van der Waals surface area (Å²) in [6.07, 6.45) is 1.61. The molecular weight excluding hydrogens is 237 g/mol. The fourth-order valence-electron chi connectivity index (χ4n) is 2.09. The molecule has 1 amide bonds. The van der Waals surface area contributed by atoms with E-state index in [1.54, 1.807) is 0 Å². The molecule has 1 fully saturated rings. The van der Waals surface area contributed by atoms with E-state index in [1.165, 1.54) is 6.07 Å². The van der Waals surface area contributed by atoms with Gasteiger partial charge in [-0.1, -0.05) is 0 Å². The van der Waals surface area contributed by atoms with Crippen LogP contribution in [0.2, 0.25) is 0 Å². The molecule has 1 aromatic carbocycles. The molecule has 1 heterocycles. The monoisotopic (exact) mass is 253 g/mol. The maximum absolute atomic E-state index is 12.8. The fourth-order valence-corrected chi connectivity index (χ4v) is 2.09. The molecule has 1 aliphatic rings. The highest BCUT2D eigenvalue weighted by Crippen LogP contribution is 2.19. The lowest BCUT2D eigenvalue weighted by molar-refractivity contribution is 0.0136. The van der Waals surface area contributed by atoms with Crippen LogP contribution in [0, 0.1) is 5.82 Å². The standard InChI is InChI=1S/C13H16FNO3/c1-8-6-10(4-5-18-8)15-13(17)11-3-2-9(14)7-12(11)16/h2-3,7-8,10,16H,4-6H2,1H3,(H,15,17). The van der Waals surface area contributed by atoms with Gasteiger partial charge in [0, 0.05) is 18.7 Å². The van der Waals surface area contributed by atoms with E-state index >= 15 is 0 Å². The predicted octanol–water partition coefficient (Wildman–Crippen LogP) is 1.83. The zero-order valence-electron chi connectivity index (χ0n) is 10.1. The van der Waals surface area contributed by atoms with Gasteiger partial charge >= 0.3 is 0 Å². The van der Waals surface area contributed by atoms with Crippen LogP contribution in [0.3, 0.4) is 0 Å². The molecule has 0 aliphatic carbocycles. The molecule has 0 radical (unpaired) electrons. The molecule has 0 aromatic heterocycles. The summed E-state index contributed by atoms with van der Waals surface area (Å²) < 4.78 is 18.2. The van der Waals surface area contributed by atoms with Gasteiger partial charge in [0.2, 0.25) is 0 Å². The largest absolute Gasteiger partial charge is 0.507 e. The van der Waals surface area contributed by atoms with E-state index in [0.717, 1.165) is 25.0 Å². The molecule has 1 saturated heterocycles. The molecule has 0 bridgehead atoms. The molecule has 18 heavy (non-hydrogen) atoms. The van der Waals surface area contributed by atoms with Crippen molar-refractivity contribution >= 4 is 5.91 Å². The quantitative estimate of drug-likeness (QED) is 0.845. The highest BCUT2D eigenvalue weighted by Gasteiger charge is 2.22. The number of carbonyl (C=O) groups excluding carboxylic acids is 1. The van der Waals surface area contributed by atoms with Crippen molar-refractivity contribution in [2.45, 2.75) is 31.9 Å². The minimum Gasteiger partial charge on any atom is -0.507 e. The van der Waals surface area contributed by atoms with Gasteiger partial charge in [-0.3, -0.25) is 4.79 Å². The van der Waals surface area contributed by atoms with Gasteiger partial charge in [0.25, 0.3) is 5.91 Å². The van der Waals surface area contributed by atoms with Crippen molar-refractivity contribution in [2.75, 3.05) is 6.61 Å². The Morgan fingerprint density at radius 3 is 3.00 bits per heavy atom. The number of rotatable bonds is 2. The fraction of sp³-hybridized carbons (Fsp3) is 0.462. The Labute approximate surface area is 105 Å². The molecule has 0 saturated carbocycles. The number of benzene rings is 1. The number of hydrogen-bond donors (Lipinski definition) is 2. The van der Waals surface area contributed by atoms with Crippen molar-refractivity contribution in [3.8, 4) is 5.75 Å². The summed E-state index contributed by atoms with van der Waals surface area (Å²) >= 11 is 0. The second-order valence-corrected chi connectivity index (χ2v) is 4.54. The first-order valence-corrected chi connectivity index (χ1v) is 5.97. The summed E-state index contributed by atoms with van der Waals surface area (Å²) in [5.74, 6) is -1.29. The van der Waals surface area contributed by atoms with Crippen LogP contribution in [0.15, 0.2) is 18.2 Å². The highest BCUT2D eigenvalue weighted by molar-refractivity contribution is 5.96. The van der Waals surface area contributed by atoms with Crippen LogP contribution in [0.25, 0.3) is 0 Å². The van der Waals surface area contributed by atoms with E-state index in [1.807, 2.05) is 6.92 Å². The second kappa shape index (κ2) is 5.35. The predicted molar refractivity (Wildman–Crippen MR) is 64.0 cm³/mol. The van der Waals surface area contributed by atoms with E-state index < -0.39 is 5.82 Å². The first-order chi connectivity index (χ1) is 8.56. The summed E-state index contributed by atoms with van der Waals surface area (Å²) in [7, 11) is 0. The molecule has 2 N–H and O–H groups in total. The Balaban J connectivity index is 2.03. The SMILES string of the molecule is CC1CC(NC(=O)c2ccc(F)cc2O)CCO1. The van der Waals surface area contributed by atoms with E-state index in [2.05, 4.69) is 5.32 Å². The van der Waals surface area contributed by atoms with Crippen LogP contribution in [-0.2, 0) is 4.74 Å². The van der Waals surface area contributed by atoms with Crippen LogP contribution in [0.4, 0.5) is 4.39 Å². The Kier molecular flexibility index (Phi) is 3.81. The van der Waals surface area contributed by atoms with Crippen LogP contribution in [0.1, 0.15) is 30.1 Å². The summed E-state index contributed by atoms with van der Waals surface area (Å²) in [6.45, 7) is 2.56. The molecule has 1 aromatic rings. The third kappa shape index (κ3) is 2.98. The van der Waals surface area contributed by atoms with E-state index in [0.29, 0.717) is 6.61 Å². The minimum absolute atomic E-state index is 0.0331. The number of hydrogen-bond acceptors (Lipinski definition) is 3. The number of halogens is 1. The Morgan fingerprint density at radius 1 is 1.56 bits per heavy atom. The third-order valence-electron chi connectivity index (χ3n) is 3.02. The van der Waals surface area contributed by atoms with Crippen LogP contribution < -0.4 is 5.32 Å². The minimum atomic E-state index is -0.566. The second-order valence-electron chi connectivity index (χ2n) is 4.54. The Bertz CT molecular complexity index is 450. The summed E-state index contributed by atoms with van der Waals surface area (Å²) in [6, 6.07) is 3.40. The number of phenols is 1. The molecule has 0 spiro atoms. The number of amides is 1. The third-order valence-corrected chi connectivity index (χ3v) is 3.02. The van der Waals surface area contributed by atoms with Gasteiger partial charge in [0.05, 0.1) is 11.7 Å². The summed E-state index contributed by atoms with van der Waals surface area (Å²) in [5.41, 5.74) is 0.0931. The number of phenolic OH excluding ortho intramolecular Hbond substituents is 1. The van der Waals surface area contributed by atoms with Gasteiger partial charge in [-0.05, 0) is 31.9 Å². The van der Waals surface area contributed by atoms with Gasteiger partial charge in [-0.2, -0.15) is 0 Å². The normalized spacial score (nSPS) is 23.7. The molecular formula is C13H16FNO3. The van der Waals surface area contributed by atoms with Crippen molar-refractivity contribution in [3.05, 3.63) is 29.6 Å². The van der Waals surface area contributed by atoms with E-state index in [4.69, 9.17) is 4.74 Å². The summed E-state index contributed by atoms with van der Waals surface area (Å²) in [4.78, 5) is 11.9. The zero-order valence-corrected chi connectivity index (χ0v) is 10.1. The number of carbonyl (C=O) groups is 1. The van der Waals surface area contributed by atoms with Gasteiger partial charge < -0.3 is 15.2 Å². The number of aromatic hydroxyl groups is 1. The van der Waals surface area contributed by atoms with Crippen LogP contribution in [-0.4, -0.2) is 29.8 Å². The van der Waals surface area contributed by atoms with E-state index in [-0.39, 0.29) is 29.4 Å². The van der Waals surface area contributed by atoms with Crippen molar-refractivity contribution < 1.29 is 19.0 Å². The topological polar surface area (TPSA) is 58.6 Å². The van der Waals surface area contributed by atoms with Gasteiger partial charge in [0.1, 0.15) is 11.6 Å². The Morgan fingerprint density at radius 2 is 2.33 bits per heavy atom. The number of ether oxygens (including phenoxy) is 1. The number of nitrogens with one attached hydrogen (secondary N) is 1. The molecule has 5 heteroatoms. The van der Waals surface area contributed by atoms with Crippen LogP contribution >= 0.6 is 0 Å². The highest BCUT2D eigenvalue weighted by atomic mass is 19.1. The lowest BCUT2D eigenvalue weighted by atomic mass is 10.0. The molecule has 98 valence electrons. The lowest BCUT2D eigenvalue weighted by Gasteiger charge is -2.28. The van der Waals surface area contributed by atoms with Crippen LogP contribution in [0.5, 0.6) is 5.75 Å². The molecule has 4 nitrogen and oxygen atoms in total. The first-order valence-electron chi connectivity index (χ1n) is 5.97. The molecule has 1 aliphatic heterocycles. The van der Waals surface area contributed by atoms with Gasteiger partial charge in [-0.25, -0.2) is 4.39 Å². The van der Waals surface area contributed by atoms with Gasteiger partial charge in [-0.15, -0.1) is 0 Å². The average molecular weight is 253 g/mol. The summed E-state index contributed by atoms with van der Waals surface area (Å²) in [5, 5.41) is 12.3. The molecule has 2 atom stereocenters. The van der Waals surface area contributed by atoms with Crippen molar-refractivity contribution in [3.63, 3.8) is 0 Å². The van der Waals surface area contributed by atoms with Crippen molar-refractivity contribution in [2.24, 2.45) is 0 Å². The smallest absolute Gasteiger partial charge is 0.255 e. The molecule has 2 rings (SSSR count). The lowest BCUT2D eigenvalue weighted by Crippen LogP contribution is -2.41. The Hall–Kier alpha value is -1.62. The van der Waals surface area contributed by atoms with Crippen molar-refractivity contribution in [1.82, 2.24) is 5.32 Å². The van der Waals surface area contributed by atoms with Gasteiger partial charge in [0.15, 0.2) is 0 Å². The van der Waals surface area contributed by atoms with E-state index in [9.17, 15) is 14.3 Å².